The van der Waals surface area contributed by atoms with Gasteiger partial charge in [0.25, 0.3) is 0 Å². The number of nitrogens with zero attached hydrogens (tertiary/aromatic N) is 2. The fourth-order valence-electron chi connectivity index (χ4n) is 3.48. The van der Waals surface area contributed by atoms with Gasteiger partial charge in [0.05, 0.1) is 25.4 Å². The highest BCUT2D eigenvalue weighted by molar-refractivity contribution is 14.0. The molecule has 172 valence electrons. The van der Waals surface area contributed by atoms with E-state index in [0.29, 0.717) is 19.0 Å². The number of guanidine groups is 1. The van der Waals surface area contributed by atoms with Gasteiger partial charge in [-0.2, -0.15) is 0 Å². The Balaban J connectivity index is 0.00000450. The first-order chi connectivity index (χ1) is 14.0. The molecule has 0 amide bonds. The minimum Gasteiger partial charge on any atom is -0.497 e. The van der Waals surface area contributed by atoms with Crippen LogP contribution in [0.5, 0.6) is 5.75 Å². The fraction of sp³-hybridized carbons (Fsp3) is 0.667. The summed E-state index contributed by atoms with van der Waals surface area (Å²) in [6.45, 7) is 7.53. The van der Waals surface area contributed by atoms with Gasteiger partial charge in [-0.25, -0.2) is 8.42 Å². The van der Waals surface area contributed by atoms with Crippen LogP contribution in [0.2, 0.25) is 0 Å². The molecule has 1 aromatic rings. The summed E-state index contributed by atoms with van der Waals surface area (Å²) in [6, 6.07) is 8.41. The second-order valence-corrected chi connectivity index (χ2v) is 9.74. The van der Waals surface area contributed by atoms with Crippen molar-refractivity contribution < 1.29 is 13.2 Å². The monoisotopic (exact) mass is 552 g/mol. The molecule has 0 radical (unpaired) electrons. The van der Waals surface area contributed by atoms with E-state index in [4.69, 9.17) is 9.73 Å². The maximum atomic E-state index is 11.7. The minimum atomic E-state index is -2.99. The first-order valence-corrected chi connectivity index (χ1v) is 12.4. The Kier molecular flexibility index (Phi) is 12.7. The maximum Gasteiger partial charge on any atom is 0.191 e. The predicted molar refractivity (Wildman–Crippen MR) is 135 cm³/mol. The highest BCUT2D eigenvalue weighted by Crippen LogP contribution is 2.26. The molecule has 2 N–H and O–H groups in total. The topological polar surface area (TPSA) is 83.0 Å². The van der Waals surface area contributed by atoms with Gasteiger partial charge in [-0.3, -0.25) is 9.89 Å². The Bertz CT molecular complexity index is 735. The van der Waals surface area contributed by atoms with Gasteiger partial charge >= 0.3 is 0 Å². The molecule has 9 heteroatoms. The summed E-state index contributed by atoms with van der Waals surface area (Å²) >= 11 is 0. The van der Waals surface area contributed by atoms with Gasteiger partial charge in [0.2, 0.25) is 0 Å². The van der Waals surface area contributed by atoms with E-state index in [1.54, 1.807) is 14.0 Å². The zero-order valence-corrected chi connectivity index (χ0v) is 21.5. The third kappa shape index (κ3) is 8.97. The van der Waals surface area contributed by atoms with Gasteiger partial charge in [0.1, 0.15) is 5.75 Å². The quantitative estimate of drug-likeness (QED) is 0.264. The maximum absolute atomic E-state index is 11.7. The lowest BCUT2D eigenvalue weighted by Crippen LogP contribution is -2.41. The molecular formula is C21H37IN4O3S. The minimum absolute atomic E-state index is 0. The van der Waals surface area contributed by atoms with E-state index in [-0.39, 0.29) is 41.5 Å². The molecule has 0 aliphatic carbocycles. The van der Waals surface area contributed by atoms with Crippen LogP contribution in [-0.4, -0.2) is 70.6 Å². The Morgan fingerprint density at radius 3 is 2.37 bits per heavy atom. The van der Waals surface area contributed by atoms with E-state index in [1.165, 1.54) is 24.8 Å². The normalized spacial score (nSPS) is 16.4. The Hall–Kier alpha value is -1.07. The molecule has 2 rings (SSSR count). The van der Waals surface area contributed by atoms with Crippen molar-refractivity contribution >= 4 is 39.8 Å². The number of sulfone groups is 1. The molecule has 1 unspecified atom stereocenters. The molecular weight excluding hydrogens is 515 g/mol. The van der Waals surface area contributed by atoms with Crippen LogP contribution in [0, 0.1) is 0 Å². The molecule has 0 aromatic heterocycles. The molecule has 1 aromatic carbocycles. The summed E-state index contributed by atoms with van der Waals surface area (Å²) < 4.78 is 28.8. The van der Waals surface area contributed by atoms with Crippen LogP contribution in [0.3, 0.4) is 0 Å². The van der Waals surface area contributed by atoms with E-state index in [1.807, 2.05) is 19.1 Å². The van der Waals surface area contributed by atoms with Crippen LogP contribution in [0.1, 0.15) is 44.7 Å². The van der Waals surface area contributed by atoms with Crippen molar-refractivity contribution in [2.45, 2.75) is 39.2 Å². The number of ether oxygens (including phenoxy) is 1. The zero-order chi connectivity index (χ0) is 21.1. The van der Waals surface area contributed by atoms with Crippen molar-refractivity contribution in [1.29, 1.82) is 0 Å². The molecule has 1 aliphatic rings. The average Bonchev–Trinajstić information content (AvgIpc) is 2.75. The molecule has 0 saturated carbocycles. The second-order valence-electron chi connectivity index (χ2n) is 7.27. The Morgan fingerprint density at radius 2 is 1.80 bits per heavy atom. The number of halogens is 1. The number of methoxy groups -OCH3 is 1. The molecule has 1 heterocycles. The van der Waals surface area contributed by atoms with Crippen LogP contribution >= 0.6 is 24.0 Å². The number of rotatable bonds is 10. The number of piperidine rings is 1. The van der Waals surface area contributed by atoms with Crippen LogP contribution in [0.25, 0.3) is 0 Å². The van der Waals surface area contributed by atoms with Crippen molar-refractivity contribution in [1.82, 2.24) is 15.5 Å². The fourth-order valence-corrected chi connectivity index (χ4v) is 4.18. The zero-order valence-electron chi connectivity index (χ0n) is 18.4. The van der Waals surface area contributed by atoms with Gasteiger partial charge in [-0.1, -0.05) is 25.5 Å². The molecule has 0 bridgehead atoms. The van der Waals surface area contributed by atoms with Crippen molar-refractivity contribution in [3.05, 3.63) is 29.8 Å². The number of hydrogen-bond donors (Lipinski definition) is 2. The SMILES string of the molecule is CCNC(=NCC(c1ccc(OC)cc1)N1CCCCC1)NCCS(=O)(=O)CC.I. The summed E-state index contributed by atoms with van der Waals surface area (Å²) in [5, 5.41) is 6.38. The van der Waals surface area contributed by atoms with Crippen molar-refractivity contribution in [3.8, 4) is 5.75 Å². The number of aliphatic imine (C=N–C) groups is 1. The lowest BCUT2D eigenvalue weighted by atomic mass is 10.0. The standard InChI is InChI=1S/C21H36N4O3S.HI/c1-4-22-21(23-13-16-29(26,27)5-2)24-17-20(25-14-7-6-8-15-25)18-9-11-19(28-3)12-10-18;/h9-12,20H,4-8,13-17H2,1-3H3,(H2,22,23,24);1H. The summed E-state index contributed by atoms with van der Waals surface area (Å²) in [5.41, 5.74) is 1.22. The van der Waals surface area contributed by atoms with Crippen molar-refractivity contribution in [2.75, 3.05) is 51.3 Å². The highest BCUT2D eigenvalue weighted by Gasteiger charge is 2.22. The smallest absolute Gasteiger partial charge is 0.191 e. The van der Waals surface area contributed by atoms with Gasteiger partial charge in [-0.05, 0) is 50.6 Å². The summed E-state index contributed by atoms with van der Waals surface area (Å²) in [5.74, 6) is 1.79. The number of nitrogens with one attached hydrogen (secondary N) is 2. The van der Waals surface area contributed by atoms with Gasteiger partial charge in [-0.15, -0.1) is 24.0 Å². The van der Waals surface area contributed by atoms with Crippen molar-refractivity contribution in [2.24, 2.45) is 4.99 Å². The summed E-state index contributed by atoms with van der Waals surface area (Å²) in [6.07, 6.45) is 3.71. The van der Waals surface area contributed by atoms with Crippen LogP contribution < -0.4 is 15.4 Å². The Labute approximate surface area is 199 Å². The highest BCUT2D eigenvalue weighted by atomic mass is 127. The van der Waals surface area contributed by atoms with E-state index in [9.17, 15) is 8.42 Å². The molecule has 1 saturated heterocycles. The lowest BCUT2D eigenvalue weighted by molar-refractivity contribution is 0.167. The molecule has 1 fully saturated rings. The van der Waals surface area contributed by atoms with Crippen LogP contribution in [0.4, 0.5) is 0 Å². The largest absolute Gasteiger partial charge is 0.497 e. The molecule has 0 spiro atoms. The number of hydrogen-bond acceptors (Lipinski definition) is 5. The van der Waals surface area contributed by atoms with Crippen LogP contribution in [0.15, 0.2) is 29.3 Å². The van der Waals surface area contributed by atoms with E-state index in [2.05, 4.69) is 27.7 Å². The average molecular weight is 553 g/mol. The predicted octanol–water partition coefficient (Wildman–Crippen LogP) is 2.83. The third-order valence-corrected chi connectivity index (χ3v) is 6.95. The second kappa shape index (κ2) is 14.1. The van der Waals surface area contributed by atoms with E-state index >= 15 is 0 Å². The van der Waals surface area contributed by atoms with E-state index < -0.39 is 9.84 Å². The molecule has 30 heavy (non-hydrogen) atoms. The number of likely N-dealkylation sites (tertiary alicyclic amines) is 1. The molecule has 7 nitrogen and oxygen atoms in total. The number of benzene rings is 1. The Morgan fingerprint density at radius 1 is 1.13 bits per heavy atom. The van der Waals surface area contributed by atoms with Crippen LogP contribution in [-0.2, 0) is 9.84 Å². The summed E-state index contributed by atoms with van der Waals surface area (Å²) in [7, 11) is -1.32. The van der Waals surface area contributed by atoms with Crippen molar-refractivity contribution in [3.63, 3.8) is 0 Å². The van der Waals surface area contributed by atoms with Gasteiger partial charge in [0, 0.05) is 18.8 Å². The first kappa shape index (κ1) is 27.0. The first-order valence-electron chi connectivity index (χ1n) is 10.6. The third-order valence-electron chi connectivity index (χ3n) is 5.24. The lowest BCUT2D eigenvalue weighted by Gasteiger charge is -2.34. The van der Waals surface area contributed by atoms with Gasteiger partial charge < -0.3 is 15.4 Å². The van der Waals surface area contributed by atoms with E-state index in [0.717, 1.165) is 25.4 Å². The summed E-state index contributed by atoms with van der Waals surface area (Å²) in [4.78, 5) is 7.28. The van der Waals surface area contributed by atoms with Gasteiger partial charge in [0.15, 0.2) is 15.8 Å². The molecule has 1 aliphatic heterocycles. The molecule has 1 atom stereocenters.